The number of sulfone groups is 1. The Labute approximate surface area is 112 Å². The standard InChI is InChI=1S/C12H18BrNO2S/c1-4-17(15,16)8-9(2)14-12-7-5-6-11(13)10(12)3/h5-7,9,14H,4,8H2,1-3H3. The van der Waals surface area contributed by atoms with Gasteiger partial charge in [-0.3, -0.25) is 0 Å². The van der Waals surface area contributed by atoms with E-state index in [4.69, 9.17) is 0 Å². The van der Waals surface area contributed by atoms with E-state index in [1.165, 1.54) is 0 Å². The van der Waals surface area contributed by atoms with Crippen LogP contribution in [0.5, 0.6) is 0 Å². The van der Waals surface area contributed by atoms with Crippen molar-refractivity contribution in [2.45, 2.75) is 26.8 Å². The van der Waals surface area contributed by atoms with Crippen molar-refractivity contribution >= 4 is 31.5 Å². The molecule has 0 aliphatic carbocycles. The fourth-order valence-corrected chi connectivity index (χ4v) is 3.02. The third-order valence-electron chi connectivity index (χ3n) is 2.61. The van der Waals surface area contributed by atoms with Gasteiger partial charge in [0.15, 0.2) is 9.84 Å². The minimum Gasteiger partial charge on any atom is -0.381 e. The first-order chi connectivity index (χ1) is 7.85. The molecule has 0 saturated carbocycles. The molecule has 0 aliphatic heterocycles. The SMILES string of the molecule is CCS(=O)(=O)CC(C)Nc1cccc(Br)c1C. The third kappa shape index (κ3) is 4.32. The summed E-state index contributed by atoms with van der Waals surface area (Å²) in [6.45, 7) is 5.55. The lowest BCUT2D eigenvalue weighted by molar-refractivity contribution is 0.593. The normalized spacial score (nSPS) is 13.4. The van der Waals surface area contributed by atoms with Crippen LogP contribution in [0.1, 0.15) is 19.4 Å². The van der Waals surface area contributed by atoms with Gasteiger partial charge in [-0.05, 0) is 31.5 Å². The van der Waals surface area contributed by atoms with Crippen molar-refractivity contribution in [3.63, 3.8) is 0 Å². The molecule has 0 heterocycles. The number of nitrogens with one attached hydrogen (secondary N) is 1. The molecule has 17 heavy (non-hydrogen) atoms. The summed E-state index contributed by atoms with van der Waals surface area (Å²) in [4.78, 5) is 0. The molecule has 0 aromatic heterocycles. The van der Waals surface area contributed by atoms with Gasteiger partial charge in [-0.2, -0.15) is 0 Å². The van der Waals surface area contributed by atoms with E-state index in [-0.39, 0.29) is 17.5 Å². The van der Waals surface area contributed by atoms with Gasteiger partial charge in [0, 0.05) is 22.0 Å². The zero-order valence-electron chi connectivity index (χ0n) is 10.3. The van der Waals surface area contributed by atoms with Crippen molar-refractivity contribution in [2.24, 2.45) is 0 Å². The first-order valence-electron chi connectivity index (χ1n) is 5.58. The van der Waals surface area contributed by atoms with Gasteiger partial charge in [0.05, 0.1) is 5.75 Å². The highest BCUT2D eigenvalue weighted by Gasteiger charge is 2.14. The van der Waals surface area contributed by atoms with Crippen molar-refractivity contribution in [3.8, 4) is 0 Å². The zero-order valence-corrected chi connectivity index (χ0v) is 12.7. The molecule has 3 nitrogen and oxygen atoms in total. The highest BCUT2D eigenvalue weighted by Crippen LogP contribution is 2.24. The fraction of sp³-hybridized carbons (Fsp3) is 0.500. The van der Waals surface area contributed by atoms with Gasteiger partial charge in [-0.1, -0.05) is 28.9 Å². The van der Waals surface area contributed by atoms with E-state index >= 15 is 0 Å². The topological polar surface area (TPSA) is 46.2 Å². The molecule has 0 spiro atoms. The van der Waals surface area contributed by atoms with E-state index in [0.717, 1.165) is 15.7 Å². The molecule has 1 aromatic carbocycles. The highest BCUT2D eigenvalue weighted by atomic mass is 79.9. The molecule has 0 fully saturated rings. The van der Waals surface area contributed by atoms with Crippen LogP contribution in [0, 0.1) is 6.92 Å². The summed E-state index contributed by atoms with van der Waals surface area (Å²) in [6.07, 6.45) is 0. The predicted octanol–water partition coefficient (Wildman–Crippen LogP) is 2.99. The van der Waals surface area contributed by atoms with Gasteiger partial charge >= 0.3 is 0 Å². The maximum Gasteiger partial charge on any atom is 0.152 e. The second-order valence-electron chi connectivity index (χ2n) is 4.16. The molecular formula is C12H18BrNO2S. The number of rotatable bonds is 5. The average molecular weight is 320 g/mol. The lowest BCUT2D eigenvalue weighted by Crippen LogP contribution is -2.27. The van der Waals surface area contributed by atoms with Crippen LogP contribution in [0.3, 0.4) is 0 Å². The van der Waals surface area contributed by atoms with Crippen LogP contribution in [0.15, 0.2) is 22.7 Å². The maximum atomic E-state index is 11.5. The molecule has 5 heteroatoms. The van der Waals surface area contributed by atoms with E-state index in [2.05, 4.69) is 21.2 Å². The van der Waals surface area contributed by atoms with Gasteiger partial charge in [-0.15, -0.1) is 0 Å². The Morgan fingerprint density at radius 1 is 1.41 bits per heavy atom. The molecule has 0 saturated heterocycles. The predicted molar refractivity (Wildman–Crippen MR) is 76.3 cm³/mol. The van der Waals surface area contributed by atoms with Crippen LogP contribution < -0.4 is 5.32 Å². The Morgan fingerprint density at radius 3 is 2.65 bits per heavy atom. The summed E-state index contributed by atoms with van der Waals surface area (Å²) in [5.41, 5.74) is 2.06. The van der Waals surface area contributed by atoms with Gasteiger partial charge in [0.25, 0.3) is 0 Å². The first kappa shape index (κ1) is 14.5. The summed E-state index contributed by atoms with van der Waals surface area (Å²) in [6, 6.07) is 5.76. The smallest absolute Gasteiger partial charge is 0.152 e. The van der Waals surface area contributed by atoms with Crippen LogP contribution in [-0.4, -0.2) is 26.0 Å². The highest BCUT2D eigenvalue weighted by molar-refractivity contribution is 9.10. The second-order valence-corrected chi connectivity index (χ2v) is 7.41. The van der Waals surface area contributed by atoms with Crippen molar-refractivity contribution in [3.05, 3.63) is 28.2 Å². The largest absolute Gasteiger partial charge is 0.381 e. The molecule has 1 rings (SSSR count). The zero-order chi connectivity index (χ0) is 13.1. The van der Waals surface area contributed by atoms with Crippen molar-refractivity contribution in [2.75, 3.05) is 16.8 Å². The van der Waals surface area contributed by atoms with E-state index in [9.17, 15) is 8.42 Å². The molecule has 0 amide bonds. The Morgan fingerprint density at radius 2 is 2.06 bits per heavy atom. The van der Waals surface area contributed by atoms with E-state index in [1.807, 2.05) is 32.0 Å². The van der Waals surface area contributed by atoms with Crippen LogP contribution >= 0.6 is 15.9 Å². The molecule has 0 aliphatic rings. The van der Waals surface area contributed by atoms with Gasteiger partial charge in [-0.25, -0.2) is 8.42 Å². The van der Waals surface area contributed by atoms with Gasteiger partial charge < -0.3 is 5.32 Å². The maximum absolute atomic E-state index is 11.5. The van der Waals surface area contributed by atoms with Crippen LogP contribution in [0.4, 0.5) is 5.69 Å². The minimum absolute atomic E-state index is 0.0899. The Kier molecular flexibility index (Phi) is 5.01. The number of anilines is 1. The number of hydrogen-bond donors (Lipinski definition) is 1. The van der Waals surface area contributed by atoms with Crippen molar-refractivity contribution in [1.29, 1.82) is 0 Å². The summed E-state index contributed by atoms with van der Waals surface area (Å²) >= 11 is 3.45. The van der Waals surface area contributed by atoms with Crippen LogP contribution in [0.25, 0.3) is 0 Å². The third-order valence-corrected chi connectivity index (χ3v) is 5.36. The molecule has 0 bridgehead atoms. The van der Waals surface area contributed by atoms with Crippen molar-refractivity contribution < 1.29 is 8.42 Å². The van der Waals surface area contributed by atoms with Crippen LogP contribution in [-0.2, 0) is 9.84 Å². The summed E-state index contributed by atoms with van der Waals surface area (Å²) < 4.78 is 24.0. The molecular weight excluding hydrogens is 302 g/mol. The van der Waals surface area contributed by atoms with Crippen LogP contribution in [0.2, 0.25) is 0 Å². The Balaban J connectivity index is 2.75. The van der Waals surface area contributed by atoms with Crippen molar-refractivity contribution in [1.82, 2.24) is 0 Å². The van der Waals surface area contributed by atoms with E-state index < -0.39 is 9.84 Å². The Bertz CT molecular complexity index is 485. The lowest BCUT2D eigenvalue weighted by Gasteiger charge is -2.17. The van der Waals surface area contributed by atoms with Gasteiger partial charge in [0.2, 0.25) is 0 Å². The second kappa shape index (κ2) is 5.87. The minimum atomic E-state index is -2.94. The Hall–Kier alpha value is -0.550. The lowest BCUT2D eigenvalue weighted by atomic mass is 10.2. The monoisotopic (exact) mass is 319 g/mol. The number of benzene rings is 1. The summed E-state index contributed by atoms with van der Waals surface area (Å²) in [5.74, 6) is 0.353. The quantitative estimate of drug-likeness (QED) is 0.907. The molecule has 1 aromatic rings. The van der Waals surface area contributed by atoms with E-state index in [0.29, 0.717) is 0 Å². The molecule has 1 unspecified atom stereocenters. The van der Waals surface area contributed by atoms with E-state index in [1.54, 1.807) is 6.92 Å². The molecule has 1 N–H and O–H groups in total. The first-order valence-corrected chi connectivity index (χ1v) is 8.19. The molecule has 1 atom stereocenters. The molecule has 0 radical (unpaired) electrons. The summed E-state index contributed by atoms with van der Waals surface area (Å²) in [5, 5.41) is 3.23. The average Bonchev–Trinajstić information content (AvgIpc) is 2.24. The number of hydrogen-bond acceptors (Lipinski definition) is 3. The fourth-order valence-electron chi connectivity index (χ4n) is 1.57. The number of halogens is 1. The summed E-state index contributed by atoms with van der Waals surface area (Å²) in [7, 11) is -2.94. The molecule has 96 valence electrons. The van der Waals surface area contributed by atoms with Gasteiger partial charge in [0.1, 0.15) is 0 Å².